The highest BCUT2D eigenvalue weighted by atomic mass is 19.4. The summed E-state index contributed by atoms with van der Waals surface area (Å²) in [6.07, 6.45) is -1.46. The molecule has 1 aromatic rings. The number of benzene rings is 1. The molecule has 1 aliphatic rings. The van der Waals surface area contributed by atoms with Crippen molar-refractivity contribution < 1.29 is 32.3 Å². The van der Waals surface area contributed by atoms with Crippen molar-refractivity contribution in [3.8, 4) is 0 Å². The van der Waals surface area contributed by atoms with Gasteiger partial charge in [-0.05, 0) is 30.7 Å². The molecule has 0 unspecified atom stereocenters. The molecule has 4 nitrogen and oxygen atoms in total. The van der Waals surface area contributed by atoms with Gasteiger partial charge in [-0.25, -0.2) is 0 Å². The third-order valence-corrected chi connectivity index (χ3v) is 3.07. The van der Waals surface area contributed by atoms with E-state index < -0.39 is 35.2 Å². The van der Waals surface area contributed by atoms with Crippen molar-refractivity contribution in [2.45, 2.75) is 13.1 Å². The minimum Gasteiger partial charge on any atom is -0.430 e. The van der Waals surface area contributed by atoms with E-state index in [-0.39, 0.29) is 11.3 Å². The summed E-state index contributed by atoms with van der Waals surface area (Å²) in [5.41, 5.74) is -0.740. The Hall–Kier alpha value is -2.70. The second kappa shape index (κ2) is 6.20. The van der Waals surface area contributed by atoms with E-state index in [0.717, 1.165) is 30.4 Å². The van der Waals surface area contributed by atoms with Gasteiger partial charge in [-0.15, -0.1) is 0 Å². The van der Waals surface area contributed by atoms with Crippen molar-refractivity contribution >= 4 is 23.6 Å². The zero-order valence-corrected chi connectivity index (χ0v) is 11.9. The van der Waals surface area contributed by atoms with E-state index >= 15 is 0 Å². The molecule has 0 fully saturated rings. The Kier molecular flexibility index (Phi) is 4.49. The van der Waals surface area contributed by atoms with E-state index in [9.17, 15) is 27.6 Å². The number of carbonyl (C=O) groups excluding carboxylic acids is 3. The number of ketones is 2. The van der Waals surface area contributed by atoms with E-state index in [4.69, 9.17) is 4.74 Å². The van der Waals surface area contributed by atoms with E-state index in [1.54, 1.807) is 0 Å². The number of cyclic esters (lactones) is 1. The lowest BCUT2D eigenvalue weighted by molar-refractivity contribution is -0.151. The van der Waals surface area contributed by atoms with Crippen LogP contribution in [-0.2, 0) is 25.3 Å². The lowest BCUT2D eigenvalue weighted by Crippen LogP contribution is -2.34. The zero-order chi connectivity index (χ0) is 17.2. The normalized spacial score (nSPS) is 18.8. The molecule has 0 aromatic heterocycles. The van der Waals surface area contributed by atoms with Gasteiger partial charge < -0.3 is 4.74 Å². The molecule has 0 bridgehead atoms. The maximum Gasteiger partial charge on any atom is 0.416 e. The number of ether oxygens (including phenoxy) is 1. The standard InChI is InChI=1S/C16H11F3O4/c1-9-7-13(21)14(15(22)23-9)12(20)6-5-10-3-2-4-11(8-10)16(17,18)19/h2-8,14H,1H3/b6-5+/t14-/m1/s1. The molecule has 120 valence electrons. The van der Waals surface area contributed by atoms with Crippen LogP contribution in [0.4, 0.5) is 13.2 Å². The molecule has 1 heterocycles. The third-order valence-electron chi connectivity index (χ3n) is 3.07. The van der Waals surface area contributed by atoms with Gasteiger partial charge in [0.05, 0.1) is 5.56 Å². The van der Waals surface area contributed by atoms with Crippen LogP contribution in [-0.4, -0.2) is 17.5 Å². The van der Waals surface area contributed by atoms with Gasteiger partial charge in [-0.3, -0.25) is 14.4 Å². The minimum absolute atomic E-state index is 0.0888. The number of esters is 1. The summed E-state index contributed by atoms with van der Waals surface area (Å²) in [6.45, 7) is 1.40. The summed E-state index contributed by atoms with van der Waals surface area (Å²) in [6, 6.07) is 4.31. The van der Waals surface area contributed by atoms with Crippen LogP contribution in [0.5, 0.6) is 0 Å². The highest BCUT2D eigenvalue weighted by Crippen LogP contribution is 2.29. The highest BCUT2D eigenvalue weighted by molar-refractivity contribution is 6.25. The molecule has 0 saturated heterocycles. The van der Waals surface area contributed by atoms with Gasteiger partial charge in [0.15, 0.2) is 17.5 Å². The fourth-order valence-electron chi connectivity index (χ4n) is 2.00. The first-order valence-electron chi connectivity index (χ1n) is 6.51. The molecule has 1 aliphatic heterocycles. The molecule has 0 aliphatic carbocycles. The second-order valence-electron chi connectivity index (χ2n) is 4.87. The lowest BCUT2D eigenvalue weighted by Gasteiger charge is -2.15. The van der Waals surface area contributed by atoms with Crippen molar-refractivity contribution in [2.75, 3.05) is 0 Å². The number of carbonyl (C=O) groups is 3. The van der Waals surface area contributed by atoms with E-state index in [1.165, 1.54) is 19.1 Å². The molecule has 0 N–H and O–H groups in total. The van der Waals surface area contributed by atoms with Crippen LogP contribution in [0.2, 0.25) is 0 Å². The number of hydrogen-bond donors (Lipinski definition) is 0. The van der Waals surface area contributed by atoms with Crippen LogP contribution < -0.4 is 0 Å². The predicted octanol–water partition coefficient (Wildman–Crippen LogP) is 2.93. The molecule has 1 atom stereocenters. The largest absolute Gasteiger partial charge is 0.430 e. The van der Waals surface area contributed by atoms with Crippen molar-refractivity contribution in [1.82, 2.24) is 0 Å². The Balaban J connectivity index is 2.19. The number of allylic oxidation sites excluding steroid dienone is 3. The maximum absolute atomic E-state index is 12.6. The molecule has 2 rings (SSSR count). The molecular weight excluding hydrogens is 313 g/mol. The molecular formula is C16H11F3O4. The Morgan fingerprint density at radius 1 is 1.26 bits per heavy atom. The second-order valence-corrected chi connectivity index (χ2v) is 4.87. The molecule has 23 heavy (non-hydrogen) atoms. The monoisotopic (exact) mass is 324 g/mol. The molecule has 0 spiro atoms. The summed E-state index contributed by atoms with van der Waals surface area (Å²) in [5, 5.41) is 0. The molecule has 0 radical (unpaired) electrons. The Morgan fingerprint density at radius 2 is 1.96 bits per heavy atom. The van der Waals surface area contributed by atoms with Crippen molar-refractivity contribution in [3.05, 3.63) is 53.3 Å². The summed E-state index contributed by atoms with van der Waals surface area (Å²) in [7, 11) is 0. The first-order valence-corrected chi connectivity index (χ1v) is 6.51. The average Bonchev–Trinajstić information content (AvgIpc) is 2.43. The van der Waals surface area contributed by atoms with Crippen LogP contribution in [0.15, 0.2) is 42.2 Å². The number of rotatable bonds is 3. The molecule has 1 aromatic carbocycles. The van der Waals surface area contributed by atoms with E-state index in [0.29, 0.717) is 0 Å². The van der Waals surface area contributed by atoms with E-state index in [2.05, 4.69) is 0 Å². The molecule has 0 saturated carbocycles. The maximum atomic E-state index is 12.6. The van der Waals surface area contributed by atoms with Crippen molar-refractivity contribution in [1.29, 1.82) is 0 Å². The number of halogens is 3. The van der Waals surface area contributed by atoms with Crippen molar-refractivity contribution in [2.24, 2.45) is 5.92 Å². The zero-order valence-electron chi connectivity index (χ0n) is 11.9. The topological polar surface area (TPSA) is 60.4 Å². The molecule has 0 amide bonds. The lowest BCUT2D eigenvalue weighted by atomic mass is 9.96. The van der Waals surface area contributed by atoms with Crippen LogP contribution in [0.1, 0.15) is 18.1 Å². The third kappa shape index (κ3) is 3.94. The fourth-order valence-corrected chi connectivity index (χ4v) is 2.00. The Morgan fingerprint density at radius 3 is 2.57 bits per heavy atom. The van der Waals surface area contributed by atoms with Gasteiger partial charge in [0.2, 0.25) is 0 Å². The summed E-state index contributed by atoms with van der Waals surface area (Å²) >= 11 is 0. The summed E-state index contributed by atoms with van der Waals surface area (Å²) in [4.78, 5) is 35.2. The average molecular weight is 324 g/mol. The quantitative estimate of drug-likeness (QED) is 0.487. The smallest absolute Gasteiger partial charge is 0.416 e. The van der Waals surface area contributed by atoms with Crippen LogP contribution >= 0.6 is 0 Å². The van der Waals surface area contributed by atoms with Gasteiger partial charge >= 0.3 is 12.1 Å². The van der Waals surface area contributed by atoms with Crippen LogP contribution in [0.25, 0.3) is 6.08 Å². The Labute approximate surface area is 129 Å². The predicted molar refractivity (Wildman–Crippen MR) is 73.8 cm³/mol. The van der Waals surface area contributed by atoms with Gasteiger partial charge in [-0.1, -0.05) is 18.2 Å². The van der Waals surface area contributed by atoms with Crippen molar-refractivity contribution in [3.63, 3.8) is 0 Å². The van der Waals surface area contributed by atoms with Crippen LogP contribution in [0, 0.1) is 5.92 Å². The minimum atomic E-state index is -4.50. The van der Waals surface area contributed by atoms with Gasteiger partial charge in [0.1, 0.15) is 5.76 Å². The highest BCUT2D eigenvalue weighted by Gasteiger charge is 2.36. The van der Waals surface area contributed by atoms with Crippen LogP contribution in [0.3, 0.4) is 0 Å². The summed E-state index contributed by atoms with van der Waals surface area (Å²) in [5.74, 6) is -4.07. The first-order chi connectivity index (χ1) is 10.7. The van der Waals surface area contributed by atoms with E-state index in [1.807, 2.05) is 0 Å². The number of hydrogen-bond acceptors (Lipinski definition) is 4. The van der Waals surface area contributed by atoms with Gasteiger partial charge in [0.25, 0.3) is 0 Å². The van der Waals surface area contributed by atoms with Gasteiger partial charge in [0, 0.05) is 6.08 Å². The Bertz CT molecular complexity index is 729. The fraction of sp³-hybridized carbons (Fsp3) is 0.188. The van der Waals surface area contributed by atoms with Gasteiger partial charge in [-0.2, -0.15) is 13.2 Å². The first kappa shape index (κ1) is 16.7. The number of alkyl halides is 3. The summed E-state index contributed by atoms with van der Waals surface area (Å²) < 4.78 is 42.5. The SMILES string of the molecule is CC1=CC(=O)[C@@H](C(=O)/C=C/c2cccc(C(F)(F)F)c2)C(=O)O1. The molecule has 7 heteroatoms.